The average Bonchev–Trinajstić information content (AvgIpc) is 2.43. The first kappa shape index (κ1) is 16.0. The van der Waals surface area contributed by atoms with Gasteiger partial charge < -0.3 is 4.74 Å². The molecule has 0 atom stereocenters. The van der Waals surface area contributed by atoms with Gasteiger partial charge in [0.2, 0.25) is 0 Å². The molecule has 2 rings (SSSR count). The van der Waals surface area contributed by atoms with Crippen LogP contribution in [0.1, 0.15) is 5.56 Å². The van der Waals surface area contributed by atoms with E-state index in [2.05, 4.69) is 19.7 Å². The van der Waals surface area contributed by atoms with Gasteiger partial charge in [0.1, 0.15) is 5.75 Å². The summed E-state index contributed by atoms with van der Waals surface area (Å²) in [4.78, 5) is 0. The zero-order valence-corrected chi connectivity index (χ0v) is 15.6. The molecule has 0 fully saturated rings. The molecule has 18 heavy (non-hydrogen) atoms. The van der Waals surface area contributed by atoms with E-state index in [0.29, 0.717) is 22.4 Å². The Balaban J connectivity index is 0.000000771. The second kappa shape index (κ2) is 8.93. The van der Waals surface area contributed by atoms with Crippen LogP contribution in [0.25, 0.3) is 0 Å². The fourth-order valence-corrected chi connectivity index (χ4v) is 1.60. The summed E-state index contributed by atoms with van der Waals surface area (Å²) in [7, 11) is 0. The normalized spacial score (nSPS) is 9.39. The van der Waals surface area contributed by atoms with Crippen LogP contribution in [0.2, 0.25) is 10.0 Å². The molecule has 1 nitrogen and oxygen atoms in total. The zero-order valence-electron chi connectivity index (χ0n) is 9.50. The van der Waals surface area contributed by atoms with E-state index in [1.54, 1.807) is 18.2 Å². The maximum atomic E-state index is 5.97. The molecule has 0 amide bonds. The number of hydrogen-bond donors (Lipinski definition) is 0. The number of hydrogen-bond acceptors (Lipinski definition) is 1. The topological polar surface area (TPSA) is 9.23 Å². The minimum atomic E-state index is 0.431. The second-order valence-corrected chi connectivity index (χ2v) is 4.09. The fraction of sp³-hybridized carbons (Fsp3) is 0.0769. The van der Waals surface area contributed by atoms with Crippen molar-refractivity contribution in [1.82, 2.24) is 0 Å². The van der Waals surface area contributed by atoms with Crippen LogP contribution in [0, 0.1) is 6.07 Å². The molecule has 0 bridgehead atoms. The maximum absolute atomic E-state index is 5.97. The summed E-state index contributed by atoms with van der Waals surface area (Å²) in [5, 5.41) is 1.16. The van der Waals surface area contributed by atoms with Crippen LogP contribution in [0.3, 0.4) is 0 Å². The van der Waals surface area contributed by atoms with Gasteiger partial charge in [-0.3, -0.25) is 0 Å². The molecular formula is C13H9BrCl2OZn. The van der Waals surface area contributed by atoms with Gasteiger partial charge in [0.05, 0.1) is 11.6 Å². The van der Waals surface area contributed by atoms with Gasteiger partial charge in [0, 0.05) is 11.1 Å². The van der Waals surface area contributed by atoms with Gasteiger partial charge in [-0.25, -0.2) is 0 Å². The Labute approximate surface area is 133 Å². The van der Waals surface area contributed by atoms with E-state index in [9.17, 15) is 0 Å². The molecule has 0 aliphatic carbocycles. The Kier molecular flexibility index (Phi) is 7.93. The standard InChI is InChI=1S/C13H9Cl2O.BrH.Zn/c14-11-6-7-12(15)13(8-11)16-9-10-4-2-1-3-5-10;;/h1-4,6-8H,9H2;1H;/q-1;;+2/p-1. The van der Waals surface area contributed by atoms with E-state index in [-0.39, 0.29) is 0 Å². The summed E-state index contributed by atoms with van der Waals surface area (Å²) in [6, 6.07) is 15.9. The molecule has 0 heterocycles. The summed E-state index contributed by atoms with van der Waals surface area (Å²) in [6.45, 7) is 0.431. The first-order chi connectivity index (χ1) is 8.75. The Morgan fingerprint density at radius 1 is 1.17 bits per heavy atom. The van der Waals surface area contributed by atoms with Crippen LogP contribution in [-0.4, -0.2) is 0 Å². The molecule has 0 aliphatic heterocycles. The van der Waals surface area contributed by atoms with Gasteiger partial charge in [-0.05, 0) is 12.1 Å². The first-order valence-electron chi connectivity index (χ1n) is 5.06. The number of halogens is 3. The third kappa shape index (κ3) is 5.28. The van der Waals surface area contributed by atoms with E-state index in [4.69, 9.17) is 27.9 Å². The fourth-order valence-electron chi connectivity index (χ4n) is 1.26. The molecule has 0 spiro atoms. The van der Waals surface area contributed by atoms with Crippen molar-refractivity contribution >= 4 is 36.8 Å². The van der Waals surface area contributed by atoms with E-state index >= 15 is 0 Å². The number of ether oxygens (including phenoxy) is 1. The molecule has 0 radical (unpaired) electrons. The molecule has 0 saturated carbocycles. The van der Waals surface area contributed by atoms with Gasteiger partial charge >= 0.3 is 30.0 Å². The SMILES string of the molecule is Clc1ccc(Cl)c(OCc2[c-]cccc2)c1.[Zn+][Br]. The van der Waals surface area contributed by atoms with E-state index < -0.39 is 0 Å². The summed E-state index contributed by atoms with van der Waals surface area (Å²) in [6.07, 6.45) is 0. The molecule has 0 aliphatic rings. The Morgan fingerprint density at radius 2 is 1.94 bits per heavy atom. The van der Waals surface area contributed by atoms with Crippen LogP contribution in [0.5, 0.6) is 5.75 Å². The van der Waals surface area contributed by atoms with Crippen LogP contribution in [-0.2, 0) is 22.9 Å². The molecule has 2 aromatic carbocycles. The molecule has 0 aromatic heterocycles. The van der Waals surface area contributed by atoms with Gasteiger partial charge in [-0.1, -0.05) is 23.2 Å². The van der Waals surface area contributed by atoms with Crippen LogP contribution >= 0.6 is 36.8 Å². The predicted molar refractivity (Wildman–Crippen MR) is 75.0 cm³/mol. The van der Waals surface area contributed by atoms with Crippen molar-refractivity contribution < 1.29 is 21.1 Å². The van der Waals surface area contributed by atoms with Crippen molar-refractivity contribution in [3.8, 4) is 5.75 Å². The van der Waals surface area contributed by atoms with Gasteiger partial charge in [-0.15, -0.1) is 5.56 Å². The molecule has 0 unspecified atom stereocenters. The van der Waals surface area contributed by atoms with E-state index in [1.165, 1.54) is 16.3 Å². The van der Waals surface area contributed by atoms with Gasteiger partial charge in [0.25, 0.3) is 0 Å². The zero-order chi connectivity index (χ0) is 13.4. The second-order valence-electron chi connectivity index (χ2n) is 3.25. The average molecular weight is 397 g/mol. The van der Waals surface area contributed by atoms with E-state index in [0.717, 1.165) is 5.56 Å². The number of rotatable bonds is 3. The van der Waals surface area contributed by atoms with E-state index in [1.807, 2.05) is 24.3 Å². The third-order valence-corrected chi connectivity index (χ3v) is 2.60. The van der Waals surface area contributed by atoms with Crippen LogP contribution in [0.4, 0.5) is 0 Å². The van der Waals surface area contributed by atoms with Crippen LogP contribution < -0.4 is 4.74 Å². The monoisotopic (exact) mass is 394 g/mol. The molecule has 90 valence electrons. The van der Waals surface area contributed by atoms with Gasteiger partial charge in [0.15, 0.2) is 0 Å². The van der Waals surface area contributed by atoms with Crippen molar-refractivity contribution in [2.75, 3.05) is 0 Å². The third-order valence-electron chi connectivity index (χ3n) is 2.05. The summed E-state index contributed by atoms with van der Waals surface area (Å²) in [5.74, 6) is 0.589. The number of benzene rings is 2. The Morgan fingerprint density at radius 3 is 2.61 bits per heavy atom. The predicted octanol–water partition coefficient (Wildman–Crippen LogP) is 5.22. The molecule has 0 N–H and O–H groups in total. The first-order valence-corrected chi connectivity index (χ1v) is 12.8. The minimum absolute atomic E-state index is 0.431. The summed E-state index contributed by atoms with van der Waals surface area (Å²) < 4.78 is 5.56. The summed E-state index contributed by atoms with van der Waals surface area (Å²) >= 11 is 16.1. The van der Waals surface area contributed by atoms with Crippen molar-refractivity contribution in [1.29, 1.82) is 0 Å². The van der Waals surface area contributed by atoms with Crippen molar-refractivity contribution in [2.24, 2.45) is 0 Å². The van der Waals surface area contributed by atoms with Crippen molar-refractivity contribution in [3.63, 3.8) is 0 Å². The molecule has 5 heteroatoms. The van der Waals surface area contributed by atoms with Gasteiger partial charge in [-0.2, -0.15) is 30.3 Å². The summed E-state index contributed by atoms with van der Waals surface area (Å²) in [5.41, 5.74) is 0.971. The van der Waals surface area contributed by atoms with Crippen molar-refractivity contribution in [3.05, 3.63) is 64.1 Å². The van der Waals surface area contributed by atoms with Crippen LogP contribution in [0.15, 0.2) is 42.5 Å². The van der Waals surface area contributed by atoms with Crippen molar-refractivity contribution in [2.45, 2.75) is 6.61 Å². The Hall–Kier alpha value is -0.0766. The quantitative estimate of drug-likeness (QED) is 0.510. The molecule has 2 aromatic rings. The molecule has 0 saturated heterocycles. The molecular weight excluding hydrogens is 388 g/mol. The Bertz CT molecular complexity index is 480.